The number of rotatable bonds is 3. The summed E-state index contributed by atoms with van der Waals surface area (Å²) < 4.78 is 18.0. The van der Waals surface area contributed by atoms with Gasteiger partial charge in [-0.1, -0.05) is 0 Å². The van der Waals surface area contributed by atoms with Gasteiger partial charge in [0.2, 0.25) is 0 Å². The molecule has 0 aromatic heterocycles. The molecule has 1 nitrogen and oxygen atoms in total. The SMILES string of the molecule is Cc1cc(SCC2COC2)ccc1F. The van der Waals surface area contributed by atoms with E-state index in [1.54, 1.807) is 18.7 Å². The maximum absolute atomic E-state index is 12.9. The van der Waals surface area contributed by atoms with Crippen molar-refractivity contribution in [2.24, 2.45) is 5.92 Å². The van der Waals surface area contributed by atoms with Gasteiger partial charge in [0.05, 0.1) is 13.2 Å². The Labute approximate surface area is 87.7 Å². The maximum atomic E-state index is 12.9. The van der Waals surface area contributed by atoms with Gasteiger partial charge in [-0.3, -0.25) is 0 Å². The first-order valence-electron chi connectivity index (χ1n) is 4.72. The molecule has 0 aliphatic carbocycles. The molecule has 3 heteroatoms. The maximum Gasteiger partial charge on any atom is 0.126 e. The molecule has 0 unspecified atom stereocenters. The summed E-state index contributed by atoms with van der Waals surface area (Å²) in [7, 11) is 0. The third-order valence-electron chi connectivity index (χ3n) is 2.32. The van der Waals surface area contributed by atoms with Crippen LogP contribution in [0, 0.1) is 18.7 Å². The topological polar surface area (TPSA) is 9.23 Å². The summed E-state index contributed by atoms with van der Waals surface area (Å²) in [5.74, 6) is 1.64. The highest BCUT2D eigenvalue weighted by Crippen LogP contribution is 2.25. The number of ether oxygens (including phenoxy) is 1. The van der Waals surface area contributed by atoms with E-state index in [1.165, 1.54) is 6.07 Å². The number of halogens is 1. The second-order valence-corrected chi connectivity index (χ2v) is 4.72. The first-order valence-corrected chi connectivity index (χ1v) is 5.71. The van der Waals surface area contributed by atoms with Crippen LogP contribution in [0.4, 0.5) is 4.39 Å². The summed E-state index contributed by atoms with van der Waals surface area (Å²) in [4.78, 5) is 1.15. The zero-order valence-corrected chi connectivity index (χ0v) is 8.94. The van der Waals surface area contributed by atoms with Crippen molar-refractivity contribution in [3.8, 4) is 0 Å². The lowest BCUT2D eigenvalue weighted by atomic mass is 10.1. The first kappa shape index (κ1) is 9.99. The van der Waals surface area contributed by atoms with E-state index in [4.69, 9.17) is 4.74 Å². The van der Waals surface area contributed by atoms with Gasteiger partial charge in [0.1, 0.15) is 5.82 Å². The van der Waals surface area contributed by atoms with Crippen LogP contribution in [0.3, 0.4) is 0 Å². The number of aryl methyl sites for hydroxylation is 1. The molecule has 0 radical (unpaired) electrons. The molecular formula is C11H13FOS. The molecule has 1 aromatic carbocycles. The van der Waals surface area contributed by atoms with Crippen molar-refractivity contribution in [2.75, 3.05) is 19.0 Å². The Balaban J connectivity index is 1.91. The van der Waals surface area contributed by atoms with E-state index in [9.17, 15) is 4.39 Å². The van der Waals surface area contributed by atoms with Crippen LogP contribution < -0.4 is 0 Å². The van der Waals surface area contributed by atoms with Gasteiger partial charge >= 0.3 is 0 Å². The highest BCUT2D eigenvalue weighted by molar-refractivity contribution is 7.99. The van der Waals surface area contributed by atoms with Crippen molar-refractivity contribution < 1.29 is 9.13 Å². The fourth-order valence-corrected chi connectivity index (χ4v) is 2.35. The van der Waals surface area contributed by atoms with Crippen molar-refractivity contribution in [2.45, 2.75) is 11.8 Å². The monoisotopic (exact) mass is 212 g/mol. The fraction of sp³-hybridized carbons (Fsp3) is 0.455. The Morgan fingerprint density at radius 2 is 2.29 bits per heavy atom. The summed E-state index contributed by atoms with van der Waals surface area (Å²) >= 11 is 1.78. The summed E-state index contributed by atoms with van der Waals surface area (Å²) in [6.45, 7) is 3.56. The van der Waals surface area contributed by atoms with Crippen LogP contribution in [0.15, 0.2) is 23.1 Å². The zero-order chi connectivity index (χ0) is 9.97. The van der Waals surface area contributed by atoms with Crippen LogP contribution >= 0.6 is 11.8 Å². The average molecular weight is 212 g/mol. The Morgan fingerprint density at radius 1 is 1.50 bits per heavy atom. The molecule has 0 N–H and O–H groups in total. The predicted octanol–water partition coefficient (Wildman–Crippen LogP) is 2.87. The smallest absolute Gasteiger partial charge is 0.126 e. The van der Waals surface area contributed by atoms with Gasteiger partial charge in [-0.15, -0.1) is 11.8 Å². The molecule has 1 aliphatic rings. The summed E-state index contributed by atoms with van der Waals surface area (Å²) in [6.07, 6.45) is 0. The van der Waals surface area contributed by atoms with Crippen molar-refractivity contribution in [3.63, 3.8) is 0 Å². The third-order valence-corrected chi connectivity index (χ3v) is 3.55. The van der Waals surface area contributed by atoms with Crippen molar-refractivity contribution >= 4 is 11.8 Å². The largest absolute Gasteiger partial charge is 0.381 e. The molecule has 1 aromatic rings. The van der Waals surface area contributed by atoms with Crippen LogP contribution in [0.2, 0.25) is 0 Å². The lowest BCUT2D eigenvalue weighted by Crippen LogP contribution is -2.29. The summed E-state index contributed by atoms with van der Waals surface area (Å²) in [5, 5.41) is 0. The van der Waals surface area contributed by atoms with E-state index in [0.717, 1.165) is 29.4 Å². The van der Waals surface area contributed by atoms with Gasteiger partial charge < -0.3 is 4.74 Å². The molecule has 2 rings (SSSR count). The van der Waals surface area contributed by atoms with Gasteiger partial charge in [-0.05, 0) is 30.7 Å². The van der Waals surface area contributed by atoms with E-state index in [2.05, 4.69) is 0 Å². The second kappa shape index (κ2) is 4.32. The molecule has 0 atom stereocenters. The number of hydrogen-bond acceptors (Lipinski definition) is 2. The van der Waals surface area contributed by atoms with Crippen molar-refractivity contribution in [3.05, 3.63) is 29.6 Å². The number of benzene rings is 1. The second-order valence-electron chi connectivity index (χ2n) is 3.63. The van der Waals surface area contributed by atoms with Crippen LogP contribution in [0.1, 0.15) is 5.56 Å². The minimum Gasteiger partial charge on any atom is -0.381 e. The molecule has 0 bridgehead atoms. The molecule has 0 amide bonds. The Hall–Kier alpha value is -0.540. The van der Waals surface area contributed by atoms with E-state index in [-0.39, 0.29) is 5.82 Å². The molecule has 1 saturated heterocycles. The first-order chi connectivity index (χ1) is 6.75. The lowest BCUT2D eigenvalue weighted by Gasteiger charge is -2.25. The van der Waals surface area contributed by atoms with E-state index >= 15 is 0 Å². The number of thioether (sulfide) groups is 1. The summed E-state index contributed by atoms with van der Waals surface area (Å²) in [5.41, 5.74) is 0.722. The van der Waals surface area contributed by atoms with Gasteiger partial charge in [-0.25, -0.2) is 4.39 Å². The third kappa shape index (κ3) is 2.28. The Bertz CT molecular complexity index is 323. The highest BCUT2D eigenvalue weighted by atomic mass is 32.2. The van der Waals surface area contributed by atoms with Gasteiger partial charge in [0.25, 0.3) is 0 Å². The molecule has 1 fully saturated rings. The lowest BCUT2D eigenvalue weighted by molar-refractivity contribution is -0.0196. The van der Waals surface area contributed by atoms with Crippen LogP contribution in [-0.2, 0) is 4.74 Å². The average Bonchev–Trinajstić information content (AvgIpc) is 2.08. The predicted molar refractivity (Wildman–Crippen MR) is 56.2 cm³/mol. The Morgan fingerprint density at radius 3 is 2.86 bits per heavy atom. The van der Waals surface area contributed by atoms with Crippen LogP contribution in [-0.4, -0.2) is 19.0 Å². The van der Waals surface area contributed by atoms with E-state index in [0.29, 0.717) is 5.92 Å². The van der Waals surface area contributed by atoms with Gasteiger partial charge in [0.15, 0.2) is 0 Å². The van der Waals surface area contributed by atoms with Gasteiger partial charge in [-0.2, -0.15) is 0 Å². The normalized spacial score (nSPS) is 16.7. The molecule has 0 saturated carbocycles. The highest BCUT2D eigenvalue weighted by Gasteiger charge is 2.18. The molecule has 1 aliphatic heterocycles. The molecule has 14 heavy (non-hydrogen) atoms. The van der Waals surface area contributed by atoms with Gasteiger partial charge in [0, 0.05) is 16.6 Å². The Kier molecular flexibility index (Phi) is 3.08. The summed E-state index contributed by atoms with van der Waals surface area (Å²) in [6, 6.07) is 5.28. The number of hydrogen-bond donors (Lipinski definition) is 0. The fourth-order valence-electron chi connectivity index (χ4n) is 1.30. The van der Waals surface area contributed by atoms with Crippen LogP contribution in [0.25, 0.3) is 0 Å². The van der Waals surface area contributed by atoms with Crippen molar-refractivity contribution in [1.82, 2.24) is 0 Å². The van der Waals surface area contributed by atoms with E-state index < -0.39 is 0 Å². The molecule has 0 spiro atoms. The zero-order valence-electron chi connectivity index (χ0n) is 8.13. The van der Waals surface area contributed by atoms with Crippen LogP contribution in [0.5, 0.6) is 0 Å². The van der Waals surface area contributed by atoms with E-state index in [1.807, 2.05) is 12.1 Å². The minimum atomic E-state index is -0.124. The minimum absolute atomic E-state index is 0.124. The molecule has 76 valence electrons. The quantitative estimate of drug-likeness (QED) is 0.712. The standard InChI is InChI=1S/C11H13FOS/c1-8-4-10(2-3-11(8)12)14-7-9-5-13-6-9/h2-4,9H,5-7H2,1H3. The molecular weight excluding hydrogens is 199 g/mol. The molecule has 1 heterocycles. The van der Waals surface area contributed by atoms with Crippen molar-refractivity contribution in [1.29, 1.82) is 0 Å².